The Balaban J connectivity index is 0.00000312. The van der Waals surface area contributed by atoms with Crippen LogP contribution in [0, 0.1) is 20.8 Å². The monoisotopic (exact) mass is 351 g/mol. The Bertz CT molecular complexity index is 721. The van der Waals surface area contributed by atoms with Gasteiger partial charge in [-0.3, -0.25) is 4.79 Å². The SMILES string of the molecule is CCOc1ccc(PC(=O)c2c(C)cc(C)cc2C)c(OCC)c1.[Li]. The Hall–Kier alpha value is -1.26. The molecule has 1 atom stereocenters. The van der Waals surface area contributed by atoms with Crippen molar-refractivity contribution >= 4 is 38.3 Å². The quantitative estimate of drug-likeness (QED) is 0.555. The summed E-state index contributed by atoms with van der Waals surface area (Å²) < 4.78 is 11.2. The Morgan fingerprint density at radius 3 is 2.12 bits per heavy atom. The number of aryl methyl sites for hydroxylation is 3. The zero-order chi connectivity index (χ0) is 17.7. The zero-order valence-corrected chi connectivity index (χ0v) is 17.0. The Morgan fingerprint density at radius 1 is 0.960 bits per heavy atom. The number of ether oxygens (including phenoxy) is 2. The fourth-order valence-corrected chi connectivity index (χ4v) is 4.06. The van der Waals surface area contributed by atoms with Crippen molar-refractivity contribution in [2.45, 2.75) is 34.6 Å². The summed E-state index contributed by atoms with van der Waals surface area (Å²) in [5.41, 5.74) is 4.23. The van der Waals surface area contributed by atoms with Gasteiger partial charge in [0, 0.05) is 35.8 Å². The molecule has 129 valence electrons. The Morgan fingerprint density at radius 2 is 1.56 bits per heavy atom. The number of carbonyl (C=O) groups excluding carboxylic acids is 1. The average Bonchev–Trinajstić information content (AvgIpc) is 2.49. The molecule has 2 aromatic rings. The van der Waals surface area contributed by atoms with Crippen LogP contribution in [-0.2, 0) is 0 Å². The summed E-state index contributed by atoms with van der Waals surface area (Å²) in [7, 11) is 0.0329. The summed E-state index contributed by atoms with van der Waals surface area (Å²) in [5, 5.41) is 0.921. The van der Waals surface area contributed by atoms with Crippen molar-refractivity contribution in [3.63, 3.8) is 0 Å². The second kappa shape index (κ2) is 10.0. The predicted octanol–water partition coefficient (Wildman–Crippen LogP) is 4.17. The molecule has 0 aliphatic carbocycles. The van der Waals surface area contributed by atoms with Crippen LogP contribution in [0.2, 0.25) is 0 Å². The van der Waals surface area contributed by atoms with E-state index in [1.807, 2.05) is 45.9 Å². The summed E-state index contributed by atoms with van der Waals surface area (Å²) in [5.74, 6) is 1.50. The van der Waals surface area contributed by atoms with Gasteiger partial charge in [-0.2, -0.15) is 0 Å². The van der Waals surface area contributed by atoms with E-state index in [0.717, 1.165) is 33.5 Å². The molecule has 0 N–H and O–H groups in total. The number of carbonyl (C=O) groups is 1. The van der Waals surface area contributed by atoms with Crippen LogP contribution in [0.5, 0.6) is 11.5 Å². The molecule has 0 aliphatic heterocycles. The molecule has 0 fully saturated rings. The van der Waals surface area contributed by atoms with Gasteiger partial charge in [0.15, 0.2) is 5.52 Å². The topological polar surface area (TPSA) is 35.5 Å². The van der Waals surface area contributed by atoms with E-state index < -0.39 is 0 Å². The van der Waals surface area contributed by atoms with Crippen molar-refractivity contribution < 1.29 is 14.3 Å². The fraction of sp³-hybridized carbons (Fsp3) is 0.350. The van der Waals surface area contributed by atoms with Gasteiger partial charge in [-0.15, -0.1) is 0 Å². The zero-order valence-electron chi connectivity index (χ0n) is 16.0. The molecule has 3 nitrogen and oxygen atoms in total. The molecular weight excluding hydrogens is 326 g/mol. The first-order valence-corrected chi connectivity index (χ1v) is 9.25. The van der Waals surface area contributed by atoms with Crippen LogP contribution >= 0.6 is 8.58 Å². The van der Waals surface area contributed by atoms with Gasteiger partial charge in [-0.25, -0.2) is 0 Å². The summed E-state index contributed by atoms with van der Waals surface area (Å²) in [6.07, 6.45) is 0. The van der Waals surface area contributed by atoms with Gasteiger partial charge in [0.25, 0.3) is 0 Å². The minimum atomic E-state index is 0. The maximum Gasteiger partial charge on any atom is 0.186 e. The molecule has 0 amide bonds. The molecule has 0 spiro atoms. The Kier molecular flexibility index (Phi) is 8.73. The van der Waals surface area contributed by atoms with Crippen molar-refractivity contribution in [3.05, 3.63) is 52.6 Å². The van der Waals surface area contributed by atoms with Gasteiger partial charge in [0.2, 0.25) is 0 Å². The number of rotatable bonds is 7. The van der Waals surface area contributed by atoms with Crippen LogP contribution in [0.1, 0.15) is 40.9 Å². The Labute approximate surface area is 164 Å². The first-order valence-electron chi connectivity index (χ1n) is 8.25. The maximum absolute atomic E-state index is 12.9. The number of benzene rings is 2. The van der Waals surface area contributed by atoms with E-state index in [2.05, 4.69) is 19.1 Å². The second-order valence-corrected chi connectivity index (χ2v) is 6.99. The van der Waals surface area contributed by atoms with Gasteiger partial charge >= 0.3 is 0 Å². The molecule has 1 unspecified atom stereocenters. The van der Waals surface area contributed by atoms with Crippen LogP contribution < -0.4 is 14.8 Å². The molecule has 0 bridgehead atoms. The van der Waals surface area contributed by atoms with Crippen molar-refractivity contribution in [2.24, 2.45) is 0 Å². The van der Waals surface area contributed by atoms with E-state index in [1.165, 1.54) is 5.56 Å². The summed E-state index contributed by atoms with van der Waals surface area (Å²) in [4.78, 5) is 12.9. The summed E-state index contributed by atoms with van der Waals surface area (Å²) in [6.45, 7) is 11.1. The van der Waals surface area contributed by atoms with Crippen molar-refractivity contribution in [3.8, 4) is 11.5 Å². The fourth-order valence-electron chi connectivity index (χ4n) is 2.86. The smallest absolute Gasteiger partial charge is 0.186 e. The van der Waals surface area contributed by atoms with Gasteiger partial charge in [-0.05, 0) is 66.5 Å². The molecule has 2 aromatic carbocycles. The third kappa shape index (κ3) is 5.61. The summed E-state index contributed by atoms with van der Waals surface area (Å²) >= 11 is 0. The largest absolute Gasteiger partial charge is 0.494 e. The van der Waals surface area contributed by atoms with E-state index >= 15 is 0 Å². The molecule has 25 heavy (non-hydrogen) atoms. The molecule has 1 radical (unpaired) electrons. The van der Waals surface area contributed by atoms with Gasteiger partial charge in [0.1, 0.15) is 11.5 Å². The van der Waals surface area contributed by atoms with Crippen LogP contribution in [0.25, 0.3) is 0 Å². The molecule has 2 rings (SSSR count). The van der Waals surface area contributed by atoms with E-state index in [9.17, 15) is 4.79 Å². The third-order valence-electron chi connectivity index (χ3n) is 3.72. The van der Waals surface area contributed by atoms with Crippen molar-refractivity contribution in [1.29, 1.82) is 0 Å². The average molecular weight is 351 g/mol. The number of hydrogen-bond donors (Lipinski definition) is 0. The maximum atomic E-state index is 12.9. The summed E-state index contributed by atoms with van der Waals surface area (Å²) in [6, 6.07) is 9.83. The van der Waals surface area contributed by atoms with E-state index in [1.54, 1.807) is 0 Å². The van der Waals surface area contributed by atoms with Gasteiger partial charge in [-0.1, -0.05) is 17.7 Å². The molecule has 0 saturated carbocycles. The van der Waals surface area contributed by atoms with Crippen LogP contribution in [-0.4, -0.2) is 37.6 Å². The van der Waals surface area contributed by atoms with E-state index in [0.29, 0.717) is 13.2 Å². The molecule has 0 aromatic heterocycles. The van der Waals surface area contributed by atoms with Gasteiger partial charge < -0.3 is 9.47 Å². The molecule has 0 saturated heterocycles. The normalized spacial score (nSPS) is 10.6. The first-order chi connectivity index (χ1) is 11.5. The molecule has 0 aliphatic rings. The minimum absolute atomic E-state index is 0. The van der Waals surface area contributed by atoms with Crippen molar-refractivity contribution in [2.75, 3.05) is 13.2 Å². The second-order valence-electron chi connectivity index (χ2n) is 5.75. The van der Waals surface area contributed by atoms with E-state index in [4.69, 9.17) is 9.47 Å². The van der Waals surface area contributed by atoms with Crippen LogP contribution in [0.3, 0.4) is 0 Å². The van der Waals surface area contributed by atoms with Crippen LogP contribution in [0.4, 0.5) is 0 Å². The first kappa shape index (κ1) is 21.8. The van der Waals surface area contributed by atoms with Gasteiger partial charge in [0.05, 0.1) is 13.2 Å². The number of hydrogen-bond acceptors (Lipinski definition) is 3. The van der Waals surface area contributed by atoms with Crippen LogP contribution in [0.15, 0.2) is 30.3 Å². The minimum Gasteiger partial charge on any atom is -0.494 e. The van der Waals surface area contributed by atoms with E-state index in [-0.39, 0.29) is 33.0 Å². The van der Waals surface area contributed by atoms with Crippen molar-refractivity contribution in [1.82, 2.24) is 0 Å². The standard InChI is InChI=1S/C20H25O3P.Li/c1-6-22-16-8-9-18(17(12-16)23-7-2)24-20(21)19-14(4)10-13(3)11-15(19)5;/h8-12,24H,6-7H2,1-5H3;. The predicted molar refractivity (Wildman–Crippen MR) is 107 cm³/mol. The molecule has 0 heterocycles. The molecular formula is C20H25LiO3P. The third-order valence-corrected chi connectivity index (χ3v) is 4.88. The molecule has 5 heteroatoms.